The molecule has 0 spiro atoms. The maximum atomic E-state index is 13.8. The maximum Gasteiger partial charge on any atom is 0.146 e. The van der Waals surface area contributed by atoms with Gasteiger partial charge in [-0.1, -0.05) is 0 Å². The monoisotopic (exact) mass is 293 g/mol. The van der Waals surface area contributed by atoms with E-state index in [2.05, 4.69) is 5.32 Å². The molecule has 2 aromatic carbocycles. The summed E-state index contributed by atoms with van der Waals surface area (Å²) in [5.74, 6) is -0.461. The number of aromatic hydroxyl groups is 1. The lowest BCUT2D eigenvalue weighted by atomic mass is 10.1. The van der Waals surface area contributed by atoms with E-state index in [9.17, 15) is 13.9 Å². The Kier molecular flexibility index (Phi) is 4.31. The van der Waals surface area contributed by atoms with Crippen LogP contribution in [0.3, 0.4) is 0 Å². The molecule has 5 heteroatoms. The Hall–Kier alpha value is -2.30. The largest absolute Gasteiger partial charge is 0.507 e. The minimum atomic E-state index is -0.534. The van der Waals surface area contributed by atoms with Crippen LogP contribution in [-0.2, 0) is 0 Å². The van der Waals surface area contributed by atoms with Crippen molar-refractivity contribution in [2.45, 2.75) is 19.9 Å². The fourth-order valence-corrected chi connectivity index (χ4v) is 2.08. The van der Waals surface area contributed by atoms with Gasteiger partial charge in [-0.3, -0.25) is 0 Å². The summed E-state index contributed by atoms with van der Waals surface area (Å²) in [6.07, 6.45) is 0. The van der Waals surface area contributed by atoms with E-state index >= 15 is 0 Å². The first kappa shape index (κ1) is 15.1. The Morgan fingerprint density at radius 3 is 2.48 bits per heavy atom. The van der Waals surface area contributed by atoms with Crippen LogP contribution < -0.4 is 10.1 Å². The minimum absolute atomic E-state index is 0.0299. The third kappa shape index (κ3) is 3.24. The van der Waals surface area contributed by atoms with Crippen molar-refractivity contribution in [3.63, 3.8) is 0 Å². The SMILES string of the molecule is COc1ccc(C(C)Nc2cc(F)c(C)cc2F)c(O)c1. The molecule has 0 fully saturated rings. The van der Waals surface area contributed by atoms with Crippen molar-refractivity contribution in [1.29, 1.82) is 0 Å². The number of hydrogen-bond donors (Lipinski definition) is 2. The molecule has 1 atom stereocenters. The normalized spacial score (nSPS) is 12.0. The highest BCUT2D eigenvalue weighted by Crippen LogP contribution is 2.31. The van der Waals surface area contributed by atoms with Crippen LogP contribution in [0.25, 0.3) is 0 Å². The summed E-state index contributed by atoms with van der Waals surface area (Å²) in [6.45, 7) is 3.25. The van der Waals surface area contributed by atoms with Crippen LogP contribution in [0.2, 0.25) is 0 Å². The molecular formula is C16H17F2NO2. The number of aryl methyl sites for hydroxylation is 1. The first-order valence-corrected chi connectivity index (χ1v) is 6.51. The summed E-state index contributed by atoms with van der Waals surface area (Å²) < 4.78 is 32.3. The summed E-state index contributed by atoms with van der Waals surface area (Å²) in [6, 6.07) is 6.69. The molecule has 0 aliphatic carbocycles. The van der Waals surface area contributed by atoms with E-state index < -0.39 is 17.7 Å². The molecule has 112 valence electrons. The van der Waals surface area contributed by atoms with Gasteiger partial charge in [-0.2, -0.15) is 0 Å². The van der Waals surface area contributed by atoms with Gasteiger partial charge in [0.05, 0.1) is 18.8 Å². The van der Waals surface area contributed by atoms with Crippen molar-refractivity contribution < 1.29 is 18.6 Å². The summed E-state index contributed by atoms with van der Waals surface area (Å²) in [4.78, 5) is 0. The van der Waals surface area contributed by atoms with Gasteiger partial charge in [0.2, 0.25) is 0 Å². The van der Waals surface area contributed by atoms with Gasteiger partial charge in [0.15, 0.2) is 0 Å². The number of phenolic OH excluding ortho intramolecular Hbond substituents is 1. The summed E-state index contributed by atoms with van der Waals surface area (Å²) in [5, 5.41) is 12.8. The number of hydrogen-bond acceptors (Lipinski definition) is 3. The minimum Gasteiger partial charge on any atom is -0.507 e. The molecule has 2 N–H and O–H groups in total. The zero-order valence-electron chi connectivity index (χ0n) is 12.1. The zero-order chi connectivity index (χ0) is 15.6. The molecule has 0 saturated heterocycles. The number of ether oxygens (including phenoxy) is 1. The van der Waals surface area contributed by atoms with Crippen molar-refractivity contribution >= 4 is 5.69 Å². The lowest BCUT2D eigenvalue weighted by molar-refractivity contribution is 0.406. The zero-order valence-corrected chi connectivity index (χ0v) is 12.1. The predicted molar refractivity (Wildman–Crippen MR) is 77.8 cm³/mol. The van der Waals surface area contributed by atoms with Crippen LogP contribution in [0, 0.1) is 18.6 Å². The van der Waals surface area contributed by atoms with Gasteiger partial charge >= 0.3 is 0 Å². The molecule has 0 heterocycles. The molecule has 2 aromatic rings. The van der Waals surface area contributed by atoms with Crippen LogP contribution in [0.15, 0.2) is 30.3 Å². The van der Waals surface area contributed by atoms with E-state index in [-0.39, 0.29) is 17.0 Å². The van der Waals surface area contributed by atoms with Crippen molar-refractivity contribution in [1.82, 2.24) is 0 Å². The maximum absolute atomic E-state index is 13.8. The molecule has 21 heavy (non-hydrogen) atoms. The quantitative estimate of drug-likeness (QED) is 0.889. The standard InChI is InChI=1S/C16H17F2NO2/c1-9-6-14(18)15(8-13(9)17)19-10(2)12-5-4-11(21-3)7-16(12)20/h4-8,10,19-20H,1-3H3. The Labute approximate surface area is 122 Å². The summed E-state index contributed by atoms with van der Waals surface area (Å²) >= 11 is 0. The van der Waals surface area contributed by atoms with E-state index in [1.807, 2.05) is 0 Å². The second kappa shape index (κ2) is 5.99. The van der Waals surface area contributed by atoms with E-state index in [1.54, 1.807) is 19.1 Å². The Morgan fingerprint density at radius 2 is 1.86 bits per heavy atom. The van der Waals surface area contributed by atoms with Crippen LogP contribution in [0.1, 0.15) is 24.1 Å². The molecule has 0 amide bonds. The van der Waals surface area contributed by atoms with Gasteiger partial charge in [0.1, 0.15) is 23.1 Å². The fourth-order valence-electron chi connectivity index (χ4n) is 2.08. The molecular weight excluding hydrogens is 276 g/mol. The highest BCUT2D eigenvalue weighted by Gasteiger charge is 2.14. The van der Waals surface area contributed by atoms with Gasteiger partial charge in [-0.15, -0.1) is 0 Å². The van der Waals surface area contributed by atoms with E-state index in [4.69, 9.17) is 4.74 Å². The summed E-state index contributed by atoms with van der Waals surface area (Å²) in [5.41, 5.74) is 0.870. The molecule has 0 aliphatic rings. The van der Waals surface area contributed by atoms with E-state index in [0.717, 1.165) is 12.1 Å². The van der Waals surface area contributed by atoms with E-state index in [1.165, 1.54) is 20.1 Å². The molecule has 2 rings (SSSR count). The average Bonchev–Trinajstić information content (AvgIpc) is 2.44. The Balaban J connectivity index is 2.26. The van der Waals surface area contributed by atoms with Crippen LogP contribution in [-0.4, -0.2) is 12.2 Å². The third-order valence-corrected chi connectivity index (χ3v) is 3.32. The number of rotatable bonds is 4. The molecule has 1 unspecified atom stereocenters. The number of benzene rings is 2. The summed E-state index contributed by atoms with van der Waals surface area (Å²) in [7, 11) is 1.50. The van der Waals surface area contributed by atoms with Gasteiger partial charge in [0.25, 0.3) is 0 Å². The first-order chi connectivity index (χ1) is 9.92. The Morgan fingerprint density at radius 1 is 1.14 bits per heavy atom. The smallest absolute Gasteiger partial charge is 0.146 e. The fraction of sp³-hybridized carbons (Fsp3) is 0.250. The molecule has 3 nitrogen and oxygen atoms in total. The molecule has 0 bridgehead atoms. The number of phenols is 1. The van der Waals surface area contributed by atoms with E-state index in [0.29, 0.717) is 11.3 Å². The van der Waals surface area contributed by atoms with Gasteiger partial charge in [-0.05, 0) is 37.6 Å². The molecule has 0 radical (unpaired) electrons. The van der Waals surface area contributed by atoms with Gasteiger partial charge in [-0.25, -0.2) is 8.78 Å². The second-order valence-corrected chi connectivity index (χ2v) is 4.87. The number of methoxy groups -OCH3 is 1. The number of nitrogens with one attached hydrogen (secondary N) is 1. The first-order valence-electron chi connectivity index (χ1n) is 6.51. The average molecular weight is 293 g/mol. The number of halogens is 2. The van der Waals surface area contributed by atoms with Gasteiger partial charge < -0.3 is 15.2 Å². The van der Waals surface area contributed by atoms with Crippen LogP contribution in [0.4, 0.5) is 14.5 Å². The van der Waals surface area contributed by atoms with Gasteiger partial charge in [0, 0.05) is 17.7 Å². The van der Waals surface area contributed by atoms with Crippen molar-refractivity contribution in [3.8, 4) is 11.5 Å². The van der Waals surface area contributed by atoms with Crippen molar-refractivity contribution in [2.75, 3.05) is 12.4 Å². The lowest BCUT2D eigenvalue weighted by Gasteiger charge is -2.18. The molecule has 0 aromatic heterocycles. The topological polar surface area (TPSA) is 41.5 Å². The second-order valence-electron chi connectivity index (χ2n) is 4.87. The predicted octanol–water partition coefficient (Wildman–Crippen LogP) is 4.16. The van der Waals surface area contributed by atoms with Crippen LogP contribution in [0.5, 0.6) is 11.5 Å². The Bertz CT molecular complexity index is 659. The van der Waals surface area contributed by atoms with Crippen LogP contribution >= 0.6 is 0 Å². The highest BCUT2D eigenvalue weighted by atomic mass is 19.1. The van der Waals surface area contributed by atoms with Crippen molar-refractivity contribution in [2.24, 2.45) is 0 Å². The van der Waals surface area contributed by atoms with Crippen molar-refractivity contribution in [3.05, 3.63) is 53.1 Å². The third-order valence-electron chi connectivity index (χ3n) is 3.32. The number of anilines is 1. The molecule has 0 saturated carbocycles. The molecule has 0 aliphatic heterocycles. The lowest BCUT2D eigenvalue weighted by Crippen LogP contribution is -2.09. The highest BCUT2D eigenvalue weighted by molar-refractivity contribution is 5.51.